The molecule has 5 nitrogen and oxygen atoms in total. The smallest absolute Gasteiger partial charge is 0.398 e. The number of carbonyl (C=O) groups excluding carboxylic acids is 1. The minimum atomic E-state index is -4.39. The van der Waals surface area contributed by atoms with Crippen molar-refractivity contribution in [3.8, 4) is 0 Å². The highest BCUT2D eigenvalue weighted by Gasteiger charge is 2.37. The van der Waals surface area contributed by atoms with Crippen LogP contribution in [0.2, 0.25) is 0 Å². The number of hydrogen-bond donors (Lipinski definition) is 2. The molecule has 0 spiro atoms. The number of carbonyl (C=O) groups is 1. The molecule has 1 aromatic rings. The van der Waals surface area contributed by atoms with Crippen molar-refractivity contribution in [2.24, 2.45) is 5.92 Å². The van der Waals surface area contributed by atoms with E-state index < -0.39 is 11.7 Å². The number of piperazine rings is 1. The van der Waals surface area contributed by atoms with Crippen LogP contribution in [0.3, 0.4) is 0 Å². The fourth-order valence-electron chi connectivity index (χ4n) is 4.76. The van der Waals surface area contributed by atoms with Crippen LogP contribution < -0.4 is 11.1 Å². The number of nitrogens with two attached hydrogens (primary N) is 1. The Bertz CT molecular complexity index is 711. The van der Waals surface area contributed by atoms with Crippen molar-refractivity contribution in [2.75, 3.05) is 45.0 Å². The quantitative estimate of drug-likeness (QED) is 0.482. The molecule has 32 heavy (non-hydrogen) atoms. The molecule has 0 radical (unpaired) electrons. The summed E-state index contributed by atoms with van der Waals surface area (Å²) in [6.45, 7) is 5.46. The third-order valence-electron chi connectivity index (χ3n) is 6.69. The molecule has 1 aliphatic heterocycles. The van der Waals surface area contributed by atoms with Gasteiger partial charge >= 0.3 is 6.18 Å². The van der Waals surface area contributed by atoms with Crippen molar-refractivity contribution >= 4 is 22.9 Å². The van der Waals surface area contributed by atoms with E-state index in [1.54, 1.807) is 0 Å². The molecule has 1 amide bonds. The van der Waals surface area contributed by atoms with Crippen LogP contribution in [0, 0.1) is 5.92 Å². The Morgan fingerprint density at radius 3 is 2.38 bits per heavy atom. The minimum absolute atomic E-state index is 0.162. The second kappa shape index (κ2) is 12.2. The van der Waals surface area contributed by atoms with Gasteiger partial charge in [0, 0.05) is 55.4 Å². The van der Waals surface area contributed by atoms with Gasteiger partial charge < -0.3 is 16.0 Å². The van der Waals surface area contributed by atoms with E-state index in [1.165, 1.54) is 24.6 Å². The van der Waals surface area contributed by atoms with Gasteiger partial charge in [0.1, 0.15) is 0 Å². The molecule has 0 unspecified atom stereocenters. The lowest BCUT2D eigenvalue weighted by molar-refractivity contribution is -0.137. The van der Waals surface area contributed by atoms with Gasteiger partial charge in [-0.1, -0.05) is 32.1 Å². The van der Waals surface area contributed by atoms with E-state index in [4.69, 9.17) is 5.73 Å². The summed E-state index contributed by atoms with van der Waals surface area (Å²) in [5, 5.41) is 4.50. The molecule has 1 saturated heterocycles. The lowest BCUT2D eigenvalue weighted by Crippen LogP contribution is -2.46. The van der Waals surface area contributed by atoms with Gasteiger partial charge in [0.2, 0.25) is 5.91 Å². The SMILES string of the molecule is Nc1csc(CN2CCN(CCCCCCNC(=O)C3CCCCC3)CC2)c1C(F)(F)F. The Morgan fingerprint density at radius 2 is 1.69 bits per heavy atom. The van der Waals surface area contributed by atoms with E-state index >= 15 is 0 Å². The summed E-state index contributed by atoms with van der Waals surface area (Å²) in [5.41, 5.74) is 4.73. The van der Waals surface area contributed by atoms with E-state index in [-0.39, 0.29) is 17.5 Å². The van der Waals surface area contributed by atoms with Crippen LogP contribution in [0.25, 0.3) is 0 Å². The Kier molecular flexibility index (Phi) is 9.67. The van der Waals surface area contributed by atoms with Crippen LogP contribution in [0.15, 0.2) is 5.38 Å². The van der Waals surface area contributed by atoms with Gasteiger partial charge in [0.15, 0.2) is 0 Å². The highest BCUT2D eigenvalue weighted by Crippen LogP contribution is 2.40. The molecule has 1 aromatic heterocycles. The van der Waals surface area contributed by atoms with Crippen molar-refractivity contribution in [1.29, 1.82) is 0 Å². The zero-order chi connectivity index (χ0) is 23.0. The average molecular weight is 475 g/mol. The van der Waals surface area contributed by atoms with Crippen molar-refractivity contribution in [2.45, 2.75) is 70.5 Å². The Labute approximate surface area is 193 Å². The minimum Gasteiger partial charge on any atom is -0.398 e. The number of rotatable bonds is 10. The number of hydrogen-bond acceptors (Lipinski definition) is 5. The van der Waals surface area contributed by atoms with Gasteiger partial charge in [0.25, 0.3) is 0 Å². The van der Waals surface area contributed by atoms with Gasteiger partial charge in [-0.2, -0.15) is 13.2 Å². The first-order valence-electron chi connectivity index (χ1n) is 12.0. The molecule has 0 atom stereocenters. The molecule has 182 valence electrons. The molecular weight excluding hydrogens is 437 g/mol. The Morgan fingerprint density at radius 1 is 1.03 bits per heavy atom. The highest BCUT2D eigenvalue weighted by molar-refractivity contribution is 7.10. The van der Waals surface area contributed by atoms with Gasteiger partial charge in [-0.25, -0.2) is 0 Å². The average Bonchev–Trinajstić information content (AvgIpc) is 3.15. The molecule has 1 aliphatic carbocycles. The van der Waals surface area contributed by atoms with E-state index in [1.807, 2.05) is 0 Å². The summed E-state index contributed by atoms with van der Waals surface area (Å²) in [7, 11) is 0. The predicted molar refractivity (Wildman–Crippen MR) is 124 cm³/mol. The van der Waals surface area contributed by atoms with Gasteiger partial charge in [-0.05, 0) is 32.2 Å². The topological polar surface area (TPSA) is 61.6 Å². The van der Waals surface area contributed by atoms with Crippen LogP contribution >= 0.6 is 11.3 Å². The van der Waals surface area contributed by atoms with E-state index in [2.05, 4.69) is 15.1 Å². The third-order valence-corrected chi connectivity index (χ3v) is 7.68. The highest BCUT2D eigenvalue weighted by atomic mass is 32.1. The molecule has 0 bridgehead atoms. The van der Waals surface area contributed by atoms with Gasteiger partial charge in [-0.3, -0.25) is 9.69 Å². The van der Waals surface area contributed by atoms with E-state index in [0.29, 0.717) is 11.4 Å². The van der Waals surface area contributed by atoms with Crippen LogP contribution in [0.4, 0.5) is 18.9 Å². The number of nitrogens with zero attached hydrogens (tertiary/aromatic N) is 2. The largest absolute Gasteiger partial charge is 0.419 e. The maximum absolute atomic E-state index is 13.2. The Hall–Kier alpha value is -1.32. The van der Waals surface area contributed by atoms with Crippen molar-refractivity contribution in [3.05, 3.63) is 15.8 Å². The predicted octanol–water partition coefficient (Wildman–Crippen LogP) is 4.72. The van der Waals surface area contributed by atoms with Crippen molar-refractivity contribution in [3.63, 3.8) is 0 Å². The van der Waals surface area contributed by atoms with E-state index in [0.717, 1.165) is 89.1 Å². The zero-order valence-corrected chi connectivity index (χ0v) is 19.7. The summed E-state index contributed by atoms with van der Waals surface area (Å²) in [4.78, 5) is 16.9. The molecular formula is C23H37F3N4OS. The number of halogens is 3. The second-order valence-corrected chi connectivity index (χ2v) is 10.1. The number of thiophene rings is 1. The standard InChI is InChI=1S/C23H37F3N4OS/c24-23(25,26)21-19(27)17-32-20(21)16-30-14-12-29(13-15-30)11-7-2-1-6-10-28-22(31)18-8-4-3-5-9-18/h17-18H,1-16,27H2,(H,28,31). The first-order chi connectivity index (χ1) is 15.3. The molecule has 2 fully saturated rings. The first-order valence-corrected chi connectivity index (χ1v) is 12.9. The van der Waals surface area contributed by atoms with Gasteiger partial charge in [0.05, 0.1) is 11.3 Å². The van der Waals surface area contributed by atoms with Crippen LogP contribution in [-0.4, -0.2) is 55.0 Å². The monoisotopic (exact) mass is 474 g/mol. The number of anilines is 1. The maximum atomic E-state index is 13.2. The molecule has 3 rings (SSSR count). The van der Waals surface area contributed by atoms with E-state index in [9.17, 15) is 18.0 Å². The summed E-state index contributed by atoms with van der Waals surface area (Å²) < 4.78 is 39.6. The fourth-order valence-corrected chi connectivity index (χ4v) is 5.76. The van der Waals surface area contributed by atoms with Crippen LogP contribution in [0.5, 0.6) is 0 Å². The number of nitrogens with one attached hydrogen (secondary N) is 1. The molecule has 1 saturated carbocycles. The third kappa shape index (κ3) is 7.63. The summed E-state index contributed by atoms with van der Waals surface area (Å²) >= 11 is 1.10. The number of amides is 1. The summed E-state index contributed by atoms with van der Waals surface area (Å²) in [5.74, 6) is 0.481. The van der Waals surface area contributed by atoms with Crippen molar-refractivity contribution < 1.29 is 18.0 Å². The molecule has 2 aliphatic rings. The van der Waals surface area contributed by atoms with Crippen LogP contribution in [-0.2, 0) is 17.5 Å². The lowest BCUT2D eigenvalue weighted by atomic mass is 9.89. The first kappa shape index (κ1) is 25.3. The summed E-state index contributed by atoms with van der Waals surface area (Å²) in [6.07, 6.45) is 5.74. The maximum Gasteiger partial charge on any atom is 0.419 e. The fraction of sp³-hybridized carbons (Fsp3) is 0.783. The zero-order valence-electron chi connectivity index (χ0n) is 18.9. The molecule has 2 heterocycles. The number of unbranched alkanes of at least 4 members (excludes halogenated alkanes) is 3. The summed E-state index contributed by atoms with van der Waals surface area (Å²) in [6, 6.07) is 0. The van der Waals surface area contributed by atoms with Crippen molar-refractivity contribution in [1.82, 2.24) is 15.1 Å². The Balaban J connectivity index is 1.24. The van der Waals surface area contributed by atoms with Gasteiger partial charge in [-0.15, -0.1) is 11.3 Å². The lowest BCUT2D eigenvalue weighted by Gasteiger charge is -2.34. The second-order valence-electron chi connectivity index (χ2n) is 9.14. The van der Waals surface area contributed by atoms with Crippen LogP contribution in [0.1, 0.15) is 68.2 Å². The number of nitrogen functional groups attached to an aromatic ring is 1. The molecule has 9 heteroatoms. The molecule has 0 aromatic carbocycles. The number of alkyl halides is 3. The molecule has 3 N–H and O–H groups in total. The normalized spacial score (nSPS) is 19.3.